The summed E-state index contributed by atoms with van der Waals surface area (Å²) in [6.45, 7) is 0. The molecule has 1 atom stereocenters. The first-order valence-corrected chi connectivity index (χ1v) is 8.05. The highest BCUT2D eigenvalue weighted by Crippen LogP contribution is 2.15. The molecule has 27 heavy (non-hydrogen) atoms. The van der Waals surface area contributed by atoms with Gasteiger partial charge >= 0.3 is 5.97 Å². The average Bonchev–Trinajstić information content (AvgIpc) is 3.23. The lowest BCUT2D eigenvalue weighted by atomic mass is 10.1. The zero-order chi connectivity index (χ0) is 19.1. The van der Waals surface area contributed by atoms with Crippen LogP contribution >= 0.6 is 0 Å². The average molecular weight is 364 g/mol. The molecule has 1 amide bonds. The van der Waals surface area contributed by atoms with Gasteiger partial charge in [-0.05, 0) is 35.4 Å². The number of carbonyl (C=O) groups excluding carboxylic acids is 2. The molecule has 0 aliphatic heterocycles. The topological polar surface area (TPSA) is 101 Å². The zero-order valence-corrected chi connectivity index (χ0v) is 14.1. The zero-order valence-electron chi connectivity index (χ0n) is 14.1. The first kappa shape index (κ1) is 18.1. The summed E-state index contributed by atoms with van der Waals surface area (Å²) in [5.74, 6) is -0.876. The number of furan rings is 1. The van der Waals surface area contributed by atoms with Gasteiger partial charge in [0.25, 0.3) is 5.91 Å². The van der Waals surface area contributed by atoms with Crippen LogP contribution in [0.1, 0.15) is 27.8 Å². The monoisotopic (exact) mass is 364 g/mol. The first-order chi connectivity index (χ1) is 13.1. The Morgan fingerprint density at radius 3 is 2.63 bits per heavy atom. The second-order valence-electron chi connectivity index (χ2n) is 5.49. The molecule has 0 bridgehead atoms. The molecule has 0 aliphatic rings. The van der Waals surface area contributed by atoms with Gasteiger partial charge in [0.2, 0.25) is 5.76 Å². The van der Waals surface area contributed by atoms with Gasteiger partial charge < -0.3 is 14.3 Å². The van der Waals surface area contributed by atoms with Crippen LogP contribution in [-0.4, -0.2) is 23.2 Å². The minimum atomic E-state index is -1.32. The molecule has 7 nitrogen and oxygen atoms in total. The Labute approximate surface area is 154 Å². The van der Waals surface area contributed by atoms with E-state index in [4.69, 9.17) is 9.15 Å². The SMILES string of the molecule is O=C(Oc1cccc(/C=N\NC(=O)[C@@H](O)c2ccccc2)c1)c1ccco1. The van der Waals surface area contributed by atoms with Crippen LogP contribution in [0.15, 0.2) is 82.5 Å². The molecule has 0 spiro atoms. The standard InChI is InChI=1S/C20H16N2O5/c23-18(15-7-2-1-3-8-15)19(24)22-21-13-14-6-4-9-16(12-14)27-20(25)17-10-5-11-26-17/h1-13,18,23H,(H,22,24)/b21-13-/t18-/m0/s1. The lowest BCUT2D eigenvalue weighted by Crippen LogP contribution is -2.25. The molecule has 136 valence electrons. The number of benzene rings is 2. The number of hydrogen-bond donors (Lipinski definition) is 2. The molecule has 0 saturated carbocycles. The summed E-state index contributed by atoms with van der Waals surface area (Å²) in [7, 11) is 0. The van der Waals surface area contributed by atoms with Crippen LogP contribution in [0.2, 0.25) is 0 Å². The maximum Gasteiger partial charge on any atom is 0.379 e. The van der Waals surface area contributed by atoms with Crippen molar-refractivity contribution in [1.82, 2.24) is 5.43 Å². The molecular weight excluding hydrogens is 348 g/mol. The van der Waals surface area contributed by atoms with Crippen molar-refractivity contribution in [2.75, 3.05) is 0 Å². The number of ether oxygens (including phenoxy) is 1. The van der Waals surface area contributed by atoms with Gasteiger partial charge in [-0.15, -0.1) is 0 Å². The van der Waals surface area contributed by atoms with E-state index in [2.05, 4.69) is 10.5 Å². The lowest BCUT2D eigenvalue weighted by molar-refractivity contribution is -0.129. The molecule has 3 rings (SSSR count). The van der Waals surface area contributed by atoms with E-state index in [0.717, 1.165) is 0 Å². The molecule has 2 N–H and O–H groups in total. The Bertz CT molecular complexity index is 936. The summed E-state index contributed by atoms with van der Waals surface area (Å²) < 4.78 is 10.2. The smallest absolute Gasteiger partial charge is 0.379 e. The van der Waals surface area contributed by atoms with Gasteiger partial charge in [0.1, 0.15) is 5.75 Å². The van der Waals surface area contributed by atoms with Gasteiger partial charge in [-0.25, -0.2) is 10.2 Å². The fraction of sp³-hybridized carbons (Fsp3) is 0.0500. The second-order valence-corrected chi connectivity index (χ2v) is 5.49. The van der Waals surface area contributed by atoms with E-state index in [1.54, 1.807) is 60.7 Å². The van der Waals surface area contributed by atoms with Crippen LogP contribution in [0.3, 0.4) is 0 Å². The van der Waals surface area contributed by atoms with E-state index < -0.39 is 18.0 Å². The highest BCUT2D eigenvalue weighted by molar-refractivity contribution is 5.89. The van der Waals surface area contributed by atoms with Crippen molar-refractivity contribution in [2.45, 2.75) is 6.10 Å². The maximum atomic E-state index is 11.9. The summed E-state index contributed by atoms with van der Waals surface area (Å²) in [4.78, 5) is 23.8. The van der Waals surface area contributed by atoms with Crippen molar-refractivity contribution in [3.63, 3.8) is 0 Å². The lowest BCUT2D eigenvalue weighted by Gasteiger charge is -2.08. The number of hydrazone groups is 1. The van der Waals surface area contributed by atoms with E-state index in [0.29, 0.717) is 16.9 Å². The summed E-state index contributed by atoms with van der Waals surface area (Å²) in [6, 6.07) is 18.2. The van der Waals surface area contributed by atoms with Gasteiger partial charge in [-0.3, -0.25) is 4.79 Å². The maximum absolute atomic E-state index is 11.9. The molecule has 3 aromatic rings. The number of amides is 1. The third-order valence-corrected chi connectivity index (χ3v) is 3.54. The Hall–Kier alpha value is -3.71. The molecule has 1 heterocycles. The first-order valence-electron chi connectivity index (χ1n) is 8.05. The van der Waals surface area contributed by atoms with Crippen molar-refractivity contribution in [1.29, 1.82) is 0 Å². The summed E-state index contributed by atoms with van der Waals surface area (Å²) in [6.07, 6.45) is 1.44. The number of nitrogens with one attached hydrogen (secondary N) is 1. The minimum absolute atomic E-state index is 0.0937. The fourth-order valence-corrected chi connectivity index (χ4v) is 2.23. The number of hydrogen-bond acceptors (Lipinski definition) is 6. The highest BCUT2D eigenvalue weighted by Gasteiger charge is 2.16. The number of carbonyl (C=O) groups is 2. The third kappa shape index (κ3) is 4.90. The highest BCUT2D eigenvalue weighted by atomic mass is 16.5. The number of esters is 1. The molecule has 7 heteroatoms. The van der Waals surface area contributed by atoms with Gasteiger partial charge in [0.15, 0.2) is 6.10 Å². The van der Waals surface area contributed by atoms with Crippen molar-refractivity contribution < 1.29 is 23.8 Å². The van der Waals surface area contributed by atoms with Gasteiger partial charge in [-0.2, -0.15) is 5.10 Å². The van der Waals surface area contributed by atoms with E-state index >= 15 is 0 Å². The number of aliphatic hydroxyl groups excluding tert-OH is 1. The van der Waals surface area contributed by atoms with Crippen LogP contribution in [0.25, 0.3) is 0 Å². The van der Waals surface area contributed by atoms with Gasteiger partial charge in [0.05, 0.1) is 12.5 Å². The van der Waals surface area contributed by atoms with Crippen LogP contribution in [0, 0.1) is 0 Å². The molecule has 0 aliphatic carbocycles. The Balaban J connectivity index is 1.59. The molecule has 1 aromatic heterocycles. The summed E-state index contributed by atoms with van der Waals surface area (Å²) in [5.41, 5.74) is 3.33. The normalized spacial score (nSPS) is 11.9. The predicted octanol–water partition coefficient (Wildman–Crippen LogP) is 2.68. The predicted molar refractivity (Wildman–Crippen MR) is 97.2 cm³/mol. The van der Waals surface area contributed by atoms with Crippen molar-refractivity contribution >= 4 is 18.1 Å². The molecule has 0 fully saturated rings. The van der Waals surface area contributed by atoms with Crippen LogP contribution in [0.5, 0.6) is 5.75 Å². The second kappa shape index (κ2) is 8.59. The molecule has 0 saturated heterocycles. The minimum Gasteiger partial charge on any atom is -0.457 e. The van der Waals surface area contributed by atoms with Crippen molar-refractivity contribution in [3.8, 4) is 5.75 Å². The van der Waals surface area contributed by atoms with Crippen molar-refractivity contribution in [2.24, 2.45) is 5.10 Å². The number of nitrogens with zero attached hydrogens (tertiary/aromatic N) is 1. The van der Waals surface area contributed by atoms with Gasteiger partial charge in [0, 0.05) is 0 Å². The molecule has 2 aromatic carbocycles. The number of rotatable bonds is 6. The Morgan fingerprint density at radius 1 is 1.07 bits per heavy atom. The van der Waals surface area contributed by atoms with E-state index in [1.165, 1.54) is 18.5 Å². The third-order valence-electron chi connectivity index (χ3n) is 3.54. The fourth-order valence-electron chi connectivity index (χ4n) is 2.23. The van der Waals surface area contributed by atoms with E-state index in [9.17, 15) is 14.7 Å². The number of aliphatic hydroxyl groups is 1. The molecular formula is C20H16N2O5. The Kier molecular flexibility index (Phi) is 5.76. The quantitative estimate of drug-likeness (QED) is 0.303. The van der Waals surface area contributed by atoms with Crippen LogP contribution in [-0.2, 0) is 4.79 Å². The largest absolute Gasteiger partial charge is 0.457 e. The molecule has 0 unspecified atom stereocenters. The van der Waals surface area contributed by atoms with Crippen LogP contribution < -0.4 is 10.2 Å². The van der Waals surface area contributed by atoms with E-state index in [1.807, 2.05) is 0 Å². The van der Waals surface area contributed by atoms with Crippen molar-refractivity contribution in [3.05, 3.63) is 89.9 Å². The van der Waals surface area contributed by atoms with E-state index in [-0.39, 0.29) is 5.76 Å². The van der Waals surface area contributed by atoms with Crippen LogP contribution in [0.4, 0.5) is 0 Å². The van der Waals surface area contributed by atoms with Gasteiger partial charge in [-0.1, -0.05) is 42.5 Å². The Morgan fingerprint density at radius 2 is 1.89 bits per heavy atom. The summed E-state index contributed by atoms with van der Waals surface area (Å²) >= 11 is 0. The summed E-state index contributed by atoms with van der Waals surface area (Å²) in [5, 5.41) is 13.8. The molecule has 0 radical (unpaired) electrons.